The van der Waals surface area contributed by atoms with Crippen LogP contribution >= 0.6 is 0 Å². The van der Waals surface area contributed by atoms with Gasteiger partial charge in [-0.25, -0.2) is 8.78 Å². The lowest BCUT2D eigenvalue weighted by molar-refractivity contribution is -0.137. The molecule has 0 fully saturated rings. The summed E-state index contributed by atoms with van der Waals surface area (Å²) in [5, 5.41) is 21.9. The summed E-state index contributed by atoms with van der Waals surface area (Å²) in [4.78, 5) is 34.8. The largest absolute Gasteiger partial charge is 0.491 e. The van der Waals surface area contributed by atoms with Gasteiger partial charge in [0.15, 0.2) is 0 Å². The molecular weight excluding hydrogens is 594 g/mol. The number of anilines is 1. The summed E-state index contributed by atoms with van der Waals surface area (Å²) in [6, 6.07) is 5.85. The first-order chi connectivity index (χ1) is 20.7. The summed E-state index contributed by atoms with van der Waals surface area (Å²) < 4.78 is 61.8. The number of carbonyl (C=O) groups is 3. The average molecular weight is 634 g/mol. The third kappa shape index (κ3) is 15.2. The van der Waals surface area contributed by atoms with Gasteiger partial charge < -0.3 is 42.8 Å². The molecule has 0 aliphatic rings. The van der Waals surface area contributed by atoms with E-state index in [1.807, 2.05) is 19.2 Å². The van der Waals surface area contributed by atoms with Crippen LogP contribution in [0.25, 0.3) is 0 Å². The maximum atomic E-state index is 12.9. The van der Waals surface area contributed by atoms with Crippen LogP contribution in [-0.4, -0.2) is 79.1 Å². The lowest BCUT2D eigenvalue weighted by atomic mass is 9.79. The van der Waals surface area contributed by atoms with E-state index in [0.29, 0.717) is 45.2 Å². The number of halogens is 5. The van der Waals surface area contributed by atoms with Crippen LogP contribution in [-0.2, 0) is 27.0 Å². The minimum Gasteiger partial charge on any atom is -0.423 e. The SMILES string of the molecule is CCNC(=O)C(N)CCC(=O)N(CCN)CCN.CCc1ccc(C(F)(F)F)cc1.O=CNc1cc(B(O)O)c(F)cc1F. The number of nitrogens with zero attached hydrogens (tertiary/aromatic N) is 1. The topological polar surface area (TPSA) is 197 Å². The maximum absolute atomic E-state index is 12.9. The van der Waals surface area contributed by atoms with Crippen molar-refractivity contribution < 1.29 is 46.4 Å². The number of carbonyl (C=O) groups excluding carboxylic acids is 3. The molecule has 1 atom stereocenters. The first-order valence-electron chi connectivity index (χ1n) is 13.6. The Morgan fingerprint density at radius 2 is 1.59 bits per heavy atom. The Hall–Kier alpha value is -3.64. The van der Waals surface area contributed by atoms with Crippen LogP contribution in [0.4, 0.5) is 27.6 Å². The molecule has 3 amide bonds. The second-order valence-corrected chi connectivity index (χ2v) is 9.04. The number of hydrogen-bond donors (Lipinski definition) is 7. The van der Waals surface area contributed by atoms with E-state index in [1.54, 1.807) is 4.90 Å². The number of nitrogens with two attached hydrogens (primary N) is 3. The molecule has 0 radical (unpaired) electrons. The van der Waals surface area contributed by atoms with Gasteiger partial charge in [-0.05, 0) is 43.5 Å². The zero-order valence-corrected chi connectivity index (χ0v) is 24.5. The molecule has 10 N–H and O–H groups in total. The molecule has 0 aromatic heterocycles. The Morgan fingerprint density at radius 1 is 1.02 bits per heavy atom. The molecule has 2 aromatic carbocycles. The molecular formula is C27H40BF5N6O5. The van der Waals surface area contributed by atoms with Gasteiger partial charge in [0.05, 0.1) is 17.3 Å². The molecule has 1 unspecified atom stereocenters. The smallest absolute Gasteiger partial charge is 0.423 e. The van der Waals surface area contributed by atoms with Gasteiger partial charge in [-0.1, -0.05) is 19.1 Å². The number of nitrogens with one attached hydrogen (secondary N) is 2. The summed E-state index contributed by atoms with van der Waals surface area (Å²) in [6.45, 7) is 6.01. The van der Waals surface area contributed by atoms with Gasteiger partial charge >= 0.3 is 13.3 Å². The van der Waals surface area contributed by atoms with Gasteiger partial charge in [0, 0.05) is 50.7 Å². The number of aryl methyl sites for hydroxylation is 1. The second-order valence-electron chi connectivity index (χ2n) is 9.04. The van der Waals surface area contributed by atoms with Gasteiger partial charge in [-0.2, -0.15) is 13.2 Å². The highest BCUT2D eigenvalue weighted by atomic mass is 19.4. The minimum absolute atomic E-state index is 0.0642. The molecule has 2 aromatic rings. The second kappa shape index (κ2) is 21.1. The molecule has 2 rings (SSSR count). The fraction of sp³-hybridized carbons (Fsp3) is 0.444. The summed E-state index contributed by atoms with van der Waals surface area (Å²) in [7, 11) is -2.05. The van der Waals surface area contributed by atoms with Crippen molar-refractivity contribution in [2.75, 3.05) is 38.0 Å². The molecule has 246 valence electrons. The predicted molar refractivity (Wildman–Crippen MR) is 157 cm³/mol. The van der Waals surface area contributed by atoms with Crippen molar-refractivity contribution in [3.05, 3.63) is 59.2 Å². The highest BCUT2D eigenvalue weighted by Gasteiger charge is 2.29. The van der Waals surface area contributed by atoms with E-state index in [1.165, 1.54) is 12.1 Å². The van der Waals surface area contributed by atoms with Crippen LogP contribution in [0.15, 0.2) is 36.4 Å². The van der Waals surface area contributed by atoms with E-state index >= 15 is 0 Å². The number of rotatable bonds is 13. The minimum atomic E-state index is -4.22. The quantitative estimate of drug-likeness (QED) is 0.0937. The lowest BCUT2D eigenvalue weighted by Gasteiger charge is -2.21. The van der Waals surface area contributed by atoms with Crippen molar-refractivity contribution in [1.29, 1.82) is 0 Å². The highest BCUT2D eigenvalue weighted by molar-refractivity contribution is 6.58. The molecule has 11 nitrogen and oxygen atoms in total. The van der Waals surface area contributed by atoms with Gasteiger partial charge in [-0.15, -0.1) is 0 Å². The maximum Gasteiger partial charge on any atom is 0.491 e. The normalized spacial score (nSPS) is 11.2. The fourth-order valence-corrected chi connectivity index (χ4v) is 3.41. The number of likely N-dealkylation sites (N-methyl/N-ethyl adjacent to an activating group) is 1. The number of benzene rings is 2. The van der Waals surface area contributed by atoms with Crippen molar-refractivity contribution in [3.63, 3.8) is 0 Å². The zero-order chi connectivity index (χ0) is 33.9. The van der Waals surface area contributed by atoms with Crippen LogP contribution in [0, 0.1) is 11.6 Å². The van der Waals surface area contributed by atoms with E-state index in [-0.39, 0.29) is 30.3 Å². The van der Waals surface area contributed by atoms with Crippen molar-refractivity contribution in [1.82, 2.24) is 10.2 Å². The number of hydrogen-bond acceptors (Lipinski definition) is 8. The molecule has 0 saturated carbocycles. The van der Waals surface area contributed by atoms with Crippen molar-refractivity contribution >= 4 is 36.5 Å². The monoisotopic (exact) mass is 634 g/mol. The van der Waals surface area contributed by atoms with Crippen LogP contribution < -0.4 is 33.3 Å². The van der Waals surface area contributed by atoms with E-state index in [0.717, 1.165) is 30.2 Å². The molecule has 44 heavy (non-hydrogen) atoms. The highest BCUT2D eigenvalue weighted by Crippen LogP contribution is 2.29. The predicted octanol–water partition coefficient (Wildman–Crippen LogP) is 0.457. The van der Waals surface area contributed by atoms with E-state index in [2.05, 4.69) is 5.32 Å². The number of alkyl halides is 3. The van der Waals surface area contributed by atoms with Crippen LogP contribution in [0.5, 0.6) is 0 Å². The Balaban J connectivity index is 0.000000643. The summed E-state index contributed by atoms with van der Waals surface area (Å²) in [5.41, 5.74) is 16.0. The Bertz CT molecular complexity index is 1150. The first-order valence-corrected chi connectivity index (χ1v) is 13.6. The summed E-state index contributed by atoms with van der Waals surface area (Å²) in [6.07, 6.45) is -2.69. The summed E-state index contributed by atoms with van der Waals surface area (Å²) >= 11 is 0. The van der Waals surface area contributed by atoms with Crippen molar-refractivity contribution in [3.8, 4) is 0 Å². The molecule has 0 bridgehead atoms. The van der Waals surface area contributed by atoms with E-state index in [9.17, 15) is 36.3 Å². The molecule has 0 aliphatic carbocycles. The van der Waals surface area contributed by atoms with Gasteiger partial charge in [0.1, 0.15) is 11.6 Å². The third-order valence-electron chi connectivity index (χ3n) is 5.78. The molecule has 0 saturated heterocycles. The summed E-state index contributed by atoms with van der Waals surface area (Å²) in [5.74, 6) is -2.37. The lowest BCUT2D eigenvalue weighted by Crippen LogP contribution is -2.43. The van der Waals surface area contributed by atoms with Crippen LogP contribution in [0.2, 0.25) is 0 Å². The third-order valence-corrected chi connectivity index (χ3v) is 5.78. The van der Waals surface area contributed by atoms with E-state index in [4.69, 9.17) is 27.2 Å². The van der Waals surface area contributed by atoms with Gasteiger partial charge in [0.25, 0.3) is 0 Å². The molecule has 0 heterocycles. The van der Waals surface area contributed by atoms with Crippen molar-refractivity contribution in [2.24, 2.45) is 17.2 Å². The van der Waals surface area contributed by atoms with Gasteiger partial charge in [-0.3, -0.25) is 14.4 Å². The van der Waals surface area contributed by atoms with Crippen LogP contribution in [0.3, 0.4) is 0 Å². The van der Waals surface area contributed by atoms with E-state index < -0.39 is 42.0 Å². The Labute approximate surface area is 253 Å². The molecule has 17 heteroatoms. The van der Waals surface area contributed by atoms with Crippen LogP contribution in [0.1, 0.15) is 37.8 Å². The first kappa shape index (κ1) is 40.4. The Morgan fingerprint density at radius 3 is 2.02 bits per heavy atom. The zero-order valence-electron chi connectivity index (χ0n) is 24.5. The van der Waals surface area contributed by atoms with Crippen molar-refractivity contribution in [2.45, 2.75) is 45.3 Å². The average Bonchev–Trinajstić information content (AvgIpc) is 2.97. The molecule has 0 aliphatic heterocycles. The number of amides is 3. The van der Waals surface area contributed by atoms with Gasteiger partial charge in [0.2, 0.25) is 18.2 Å². The molecule has 0 spiro atoms. The Kier molecular flexibility index (Phi) is 19.4. The fourth-order valence-electron chi connectivity index (χ4n) is 3.41. The standard InChI is InChI=1S/C11H25N5O2.C9H9F3.C7H6BF2NO3/c1-2-15-11(18)9(14)3-4-10(17)16(7-5-12)8-6-13;1-2-7-3-5-8(6-4-7)9(10,11)12;9-5-2-6(10)7(11-3-12)1-4(5)8(13)14/h9H,2-8,12-14H2,1H3,(H,15,18);3-6H,2H2,1H3;1-3,13-14H,(H,11,12).